The van der Waals surface area contributed by atoms with Gasteiger partial charge in [-0.2, -0.15) is 0 Å². The normalized spacial score (nSPS) is 24.1. The second-order valence-electron chi connectivity index (χ2n) is 5.61. The van der Waals surface area contributed by atoms with Crippen LogP contribution >= 0.6 is 11.6 Å². The summed E-state index contributed by atoms with van der Waals surface area (Å²) in [4.78, 5) is 18.7. The van der Waals surface area contributed by atoms with E-state index in [2.05, 4.69) is 4.98 Å². The summed E-state index contributed by atoms with van der Waals surface area (Å²) >= 11 is 6.12. The van der Waals surface area contributed by atoms with Crippen LogP contribution in [0.3, 0.4) is 0 Å². The standard InChI is InChI=1S/C15H19ClN2O/c16-13-7-8-17-10-12(13)15(19)18-9-3-6-14(18)11-4-1-2-5-11/h7-8,10-11,14H,1-6,9H2. The average Bonchev–Trinajstić information content (AvgIpc) is 3.09. The molecule has 1 aromatic rings. The molecule has 1 aromatic heterocycles. The lowest BCUT2D eigenvalue weighted by Gasteiger charge is -2.29. The van der Waals surface area contributed by atoms with Crippen molar-refractivity contribution in [2.75, 3.05) is 6.54 Å². The van der Waals surface area contributed by atoms with E-state index in [1.54, 1.807) is 18.5 Å². The summed E-state index contributed by atoms with van der Waals surface area (Å²) in [6.45, 7) is 0.866. The molecule has 2 fully saturated rings. The summed E-state index contributed by atoms with van der Waals surface area (Å²) in [6, 6.07) is 2.11. The summed E-state index contributed by atoms with van der Waals surface area (Å²) in [5.41, 5.74) is 0.550. The number of carbonyl (C=O) groups is 1. The van der Waals surface area contributed by atoms with Crippen molar-refractivity contribution in [3.8, 4) is 0 Å². The maximum atomic E-state index is 12.6. The van der Waals surface area contributed by atoms with E-state index in [-0.39, 0.29) is 5.91 Å². The number of halogens is 1. The van der Waals surface area contributed by atoms with Crippen molar-refractivity contribution in [1.82, 2.24) is 9.88 Å². The summed E-state index contributed by atoms with van der Waals surface area (Å²) < 4.78 is 0. The smallest absolute Gasteiger partial charge is 0.257 e. The van der Waals surface area contributed by atoms with Crippen LogP contribution in [0.1, 0.15) is 48.9 Å². The molecule has 0 radical (unpaired) electrons. The first-order chi connectivity index (χ1) is 9.27. The van der Waals surface area contributed by atoms with Crippen molar-refractivity contribution in [2.24, 2.45) is 5.92 Å². The molecule has 1 atom stereocenters. The molecule has 3 rings (SSSR count). The van der Waals surface area contributed by atoms with Crippen molar-refractivity contribution < 1.29 is 4.79 Å². The minimum Gasteiger partial charge on any atom is -0.335 e. The van der Waals surface area contributed by atoms with Gasteiger partial charge >= 0.3 is 0 Å². The number of carbonyl (C=O) groups excluding carboxylic acids is 1. The maximum absolute atomic E-state index is 12.6. The third-order valence-electron chi connectivity index (χ3n) is 4.50. The minimum atomic E-state index is 0.0625. The molecular formula is C15H19ClN2O. The predicted molar refractivity (Wildman–Crippen MR) is 75.3 cm³/mol. The van der Waals surface area contributed by atoms with Gasteiger partial charge in [0, 0.05) is 25.0 Å². The van der Waals surface area contributed by atoms with Crippen molar-refractivity contribution >= 4 is 17.5 Å². The van der Waals surface area contributed by atoms with E-state index in [0.29, 0.717) is 22.5 Å². The molecule has 19 heavy (non-hydrogen) atoms. The van der Waals surface area contributed by atoms with E-state index in [1.165, 1.54) is 25.7 Å². The van der Waals surface area contributed by atoms with Gasteiger partial charge in [0.25, 0.3) is 5.91 Å². The monoisotopic (exact) mass is 278 g/mol. The van der Waals surface area contributed by atoms with Crippen LogP contribution < -0.4 is 0 Å². The van der Waals surface area contributed by atoms with Crippen LogP contribution in [-0.4, -0.2) is 28.4 Å². The number of rotatable bonds is 2. The summed E-state index contributed by atoms with van der Waals surface area (Å²) in [7, 11) is 0. The number of hydrogen-bond acceptors (Lipinski definition) is 2. The summed E-state index contributed by atoms with van der Waals surface area (Å²) in [5.74, 6) is 0.759. The minimum absolute atomic E-state index is 0.0625. The third-order valence-corrected chi connectivity index (χ3v) is 4.83. The Bertz CT molecular complexity index is 471. The Labute approximate surface area is 119 Å². The molecule has 4 heteroatoms. The van der Waals surface area contributed by atoms with Crippen LogP contribution in [0.25, 0.3) is 0 Å². The molecule has 102 valence electrons. The SMILES string of the molecule is O=C(c1cnccc1Cl)N1CCCC1C1CCCC1. The lowest BCUT2D eigenvalue weighted by molar-refractivity contribution is 0.0689. The molecule has 1 unspecified atom stereocenters. The molecule has 1 aliphatic heterocycles. The molecule has 1 saturated heterocycles. The van der Waals surface area contributed by atoms with Crippen LogP contribution in [0.2, 0.25) is 5.02 Å². The molecule has 2 heterocycles. The number of hydrogen-bond donors (Lipinski definition) is 0. The van der Waals surface area contributed by atoms with Gasteiger partial charge < -0.3 is 4.90 Å². The van der Waals surface area contributed by atoms with Crippen LogP contribution in [0.15, 0.2) is 18.5 Å². The van der Waals surface area contributed by atoms with Gasteiger partial charge in [0.1, 0.15) is 0 Å². The highest BCUT2D eigenvalue weighted by molar-refractivity contribution is 6.33. The maximum Gasteiger partial charge on any atom is 0.257 e. The Morgan fingerprint density at radius 2 is 2.05 bits per heavy atom. The molecular weight excluding hydrogens is 260 g/mol. The van der Waals surface area contributed by atoms with Gasteiger partial charge in [0.15, 0.2) is 0 Å². The molecule has 1 saturated carbocycles. The number of amides is 1. The number of pyridine rings is 1. The molecule has 0 N–H and O–H groups in total. The number of nitrogens with zero attached hydrogens (tertiary/aromatic N) is 2. The van der Waals surface area contributed by atoms with E-state index in [0.717, 1.165) is 19.4 Å². The fourth-order valence-corrected chi connectivity index (χ4v) is 3.75. The van der Waals surface area contributed by atoms with Crippen molar-refractivity contribution in [3.63, 3.8) is 0 Å². The Balaban J connectivity index is 1.80. The van der Waals surface area contributed by atoms with Gasteiger partial charge in [-0.3, -0.25) is 9.78 Å². The van der Waals surface area contributed by atoms with E-state index in [4.69, 9.17) is 11.6 Å². The van der Waals surface area contributed by atoms with Crippen molar-refractivity contribution in [3.05, 3.63) is 29.0 Å². The molecule has 3 nitrogen and oxygen atoms in total. The van der Waals surface area contributed by atoms with E-state index in [1.807, 2.05) is 4.90 Å². The summed E-state index contributed by atoms with van der Waals surface area (Å²) in [5, 5.41) is 0.511. The van der Waals surface area contributed by atoms with Gasteiger partial charge in [0.2, 0.25) is 0 Å². The van der Waals surface area contributed by atoms with Gasteiger partial charge in [-0.15, -0.1) is 0 Å². The fourth-order valence-electron chi connectivity index (χ4n) is 3.57. The Kier molecular flexibility index (Phi) is 3.74. The Morgan fingerprint density at radius 1 is 1.26 bits per heavy atom. The Hall–Kier alpha value is -1.09. The quantitative estimate of drug-likeness (QED) is 0.829. The second kappa shape index (κ2) is 5.49. The number of aromatic nitrogens is 1. The molecule has 0 bridgehead atoms. The lowest BCUT2D eigenvalue weighted by Crippen LogP contribution is -2.39. The first-order valence-corrected chi connectivity index (χ1v) is 7.55. The first kappa shape index (κ1) is 12.9. The highest BCUT2D eigenvalue weighted by Gasteiger charge is 2.36. The van der Waals surface area contributed by atoms with E-state index in [9.17, 15) is 4.79 Å². The number of likely N-dealkylation sites (tertiary alicyclic amines) is 1. The van der Waals surface area contributed by atoms with Crippen LogP contribution in [0, 0.1) is 5.92 Å². The van der Waals surface area contributed by atoms with Gasteiger partial charge in [-0.05, 0) is 37.7 Å². The van der Waals surface area contributed by atoms with E-state index >= 15 is 0 Å². The molecule has 2 aliphatic rings. The van der Waals surface area contributed by atoms with Crippen LogP contribution in [-0.2, 0) is 0 Å². The molecule has 0 aromatic carbocycles. The second-order valence-corrected chi connectivity index (χ2v) is 6.02. The van der Waals surface area contributed by atoms with Gasteiger partial charge in [0.05, 0.1) is 10.6 Å². The van der Waals surface area contributed by atoms with Crippen LogP contribution in [0.5, 0.6) is 0 Å². The van der Waals surface area contributed by atoms with Crippen LogP contribution in [0.4, 0.5) is 0 Å². The lowest BCUT2D eigenvalue weighted by atomic mass is 9.95. The molecule has 1 aliphatic carbocycles. The zero-order valence-corrected chi connectivity index (χ0v) is 11.8. The summed E-state index contributed by atoms with van der Waals surface area (Å²) in [6.07, 6.45) is 10.7. The predicted octanol–water partition coefficient (Wildman–Crippen LogP) is 3.53. The van der Waals surface area contributed by atoms with Gasteiger partial charge in [-0.1, -0.05) is 24.4 Å². The average molecular weight is 279 g/mol. The fraction of sp³-hybridized carbons (Fsp3) is 0.600. The largest absolute Gasteiger partial charge is 0.335 e. The topological polar surface area (TPSA) is 33.2 Å². The zero-order chi connectivity index (χ0) is 13.2. The van der Waals surface area contributed by atoms with Crippen molar-refractivity contribution in [1.29, 1.82) is 0 Å². The molecule has 1 amide bonds. The molecule has 0 spiro atoms. The van der Waals surface area contributed by atoms with E-state index < -0.39 is 0 Å². The van der Waals surface area contributed by atoms with Gasteiger partial charge in [-0.25, -0.2) is 0 Å². The highest BCUT2D eigenvalue weighted by Crippen LogP contribution is 2.36. The Morgan fingerprint density at radius 3 is 2.79 bits per heavy atom. The third kappa shape index (κ3) is 2.48. The zero-order valence-electron chi connectivity index (χ0n) is 11.0. The van der Waals surface area contributed by atoms with Crippen molar-refractivity contribution in [2.45, 2.75) is 44.6 Å². The highest BCUT2D eigenvalue weighted by atomic mass is 35.5. The first-order valence-electron chi connectivity index (χ1n) is 7.18.